The van der Waals surface area contributed by atoms with Crippen LogP contribution < -0.4 is 5.32 Å². The highest BCUT2D eigenvalue weighted by Gasteiger charge is 2.10. The van der Waals surface area contributed by atoms with Gasteiger partial charge in [-0.3, -0.25) is 0 Å². The van der Waals surface area contributed by atoms with E-state index in [1.807, 2.05) is 14.0 Å². The van der Waals surface area contributed by atoms with Crippen molar-refractivity contribution < 1.29 is 4.39 Å². The molecule has 0 bridgehead atoms. The normalized spacial score (nSPS) is 10.8. The third-order valence-corrected chi connectivity index (χ3v) is 3.94. The van der Waals surface area contributed by atoms with Crippen LogP contribution in [0, 0.1) is 19.7 Å². The summed E-state index contributed by atoms with van der Waals surface area (Å²) in [6.07, 6.45) is 0. The second-order valence-electron chi connectivity index (χ2n) is 4.55. The lowest BCUT2D eigenvalue weighted by atomic mass is 10.2. The van der Waals surface area contributed by atoms with Crippen LogP contribution in [-0.4, -0.2) is 4.57 Å². The lowest BCUT2D eigenvalue weighted by molar-refractivity contribution is 0.628. The topological polar surface area (TPSA) is 17.0 Å². The molecule has 2 aromatic rings. The minimum absolute atomic E-state index is 0.287. The standard InChI is InChI=1S/C14H15Cl2FN2/c1-8-4-10(9(2)19(8)3)7-18-14-12(15)5-11(17)6-13(14)16/h4-6,18H,7H2,1-3H3. The van der Waals surface area contributed by atoms with E-state index in [0.717, 1.165) is 5.56 Å². The third-order valence-electron chi connectivity index (χ3n) is 3.34. The van der Waals surface area contributed by atoms with Gasteiger partial charge in [0.15, 0.2) is 0 Å². The minimum Gasteiger partial charge on any atom is -0.378 e. The van der Waals surface area contributed by atoms with Gasteiger partial charge in [-0.25, -0.2) is 4.39 Å². The molecular formula is C14H15Cl2FN2. The smallest absolute Gasteiger partial charge is 0.126 e. The molecule has 19 heavy (non-hydrogen) atoms. The monoisotopic (exact) mass is 300 g/mol. The number of rotatable bonds is 3. The summed E-state index contributed by atoms with van der Waals surface area (Å²) in [5.41, 5.74) is 4.09. The van der Waals surface area contributed by atoms with Crippen LogP contribution in [0.5, 0.6) is 0 Å². The summed E-state index contributed by atoms with van der Waals surface area (Å²) in [6.45, 7) is 4.70. The van der Waals surface area contributed by atoms with Crippen molar-refractivity contribution in [2.75, 3.05) is 5.32 Å². The summed E-state index contributed by atoms with van der Waals surface area (Å²) in [5.74, 6) is -0.438. The molecule has 0 atom stereocenters. The summed E-state index contributed by atoms with van der Waals surface area (Å²) < 4.78 is 15.2. The van der Waals surface area contributed by atoms with Gasteiger partial charge in [-0.2, -0.15) is 0 Å². The van der Waals surface area contributed by atoms with Crippen LogP contribution in [0.2, 0.25) is 10.0 Å². The van der Waals surface area contributed by atoms with Crippen LogP contribution >= 0.6 is 23.2 Å². The predicted molar refractivity (Wildman–Crippen MR) is 78.6 cm³/mol. The molecule has 1 N–H and O–H groups in total. The van der Waals surface area contributed by atoms with Gasteiger partial charge in [0.2, 0.25) is 0 Å². The van der Waals surface area contributed by atoms with E-state index in [1.165, 1.54) is 23.5 Å². The molecule has 0 saturated heterocycles. The number of benzene rings is 1. The van der Waals surface area contributed by atoms with E-state index >= 15 is 0 Å². The number of hydrogen-bond acceptors (Lipinski definition) is 1. The average molecular weight is 301 g/mol. The summed E-state index contributed by atoms with van der Waals surface area (Å²) >= 11 is 12.0. The van der Waals surface area contributed by atoms with Crippen molar-refractivity contribution >= 4 is 28.9 Å². The molecule has 0 saturated carbocycles. The van der Waals surface area contributed by atoms with Crippen molar-refractivity contribution in [3.8, 4) is 0 Å². The van der Waals surface area contributed by atoms with E-state index in [4.69, 9.17) is 23.2 Å². The number of aryl methyl sites for hydroxylation is 1. The van der Waals surface area contributed by atoms with Gasteiger partial charge in [-0.1, -0.05) is 23.2 Å². The molecule has 2 rings (SSSR count). The molecule has 0 radical (unpaired) electrons. The summed E-state index contributed by atoms with van der Waals surface area (Å²) in [5, 5.41) is 3.74. The van der Waals surface area contributed by atoms with Crippen molar-refractivity contribution in [2.45, 2.75) is 20.4 Å². The fraction of sp³-hybridized carbons (Fsp3) is 0.286. The highest BCUT2D eigenvalue weighted by atomic mass is 35.5. The molecule has 1 heterocycles. The number of aromatic nitrogens is 1. The Balaban J connectivity index is 2.21. The third kappa shape index (κ3) is 2.88. The van der Waals surface area contributed by atoms with E-state index in [0.29, 0.717) is 12.2 Å². The van der Waals surface area contributed by atoms with Crippen LogP contribution in [0.25, 0.3) is 0 Å². The number of halogens is 3. The first-order valence-corrected chi connectivity index (χ1v) is 6.66. The summed E-state index contributed by atoms with van der Waals surface area (Å²) in [4.78, 5) is 0. The van der Waals surface area contributed by atoms with Gasteiger partial charge in [0.25, 0.3) is 0 Å². The zero-order valence-electron chi connectivity index (χ0n) is 11.0. The molecule has 0 aliphatic heterocycles. The lowest BCUT2D eigenvalue weighted by Crippen LogP contribution is -2.02. The molecule has 0 fully saturated rings. The highest BCUT2D eigenvalue weighted by Crippen LogP contribution is 2.32. The highest BCUT2D eigenvalue weighted by molar-refractivity contribution is 6.39. The molecule has 2 nitrogen and oxygen atoms in total. The molecule has 102 valence electrons. The Morgan fingerprint density at radius 2 is 1.74 bits per heavy atom. The number of nitrogens with one attached hydrogen (secondary N) is 1. The number of anilines is 1. The fourth-order valence-electron chi connectivity index (χ4n) is 2.01. The Hall–Kier alpha value is -1.19. The van der Waals surface area contributed by atoms with E-state index < -0.39 is 5.82 Å². The SMILES string of the molecule is Cc1cc(CNc2c(Cl)cc(F)cc2Cl)c(C)n1C. The molecule has 1 aromatic heterocycles. The predicted octanol–water partition coefficient (Wildman–Crippen LogP) is 4.70. The van der Waals surface area contributed by atoms with Gasteiger partial charge in [0.05, 0.1) is 15.7 Å². The zero-order valence-corrected chi connectivity index (χ0v) is 12.5. The second kappa shape index (κ2) is 5.43. The lowest BCUT2D eigenvalue weighted by Gasteiger charge is -2.10. The van der Waals surface area contributed by atoms with Crippen molar-refractivity contribution in [1.29, 1.82) is 0 Å². The fourth-order valence-corrected chi connectivity index (χ4v) is 2.60. The van der Waals surface area contributed by atoms with Gasteiger partial charge in [-0.15, -0.1) is 0 Å². The van der Waals surface area contributed by atoms with Gasteiger partial charge >= 0.3 is 0 Å². The first kappa shape index (κ1) is 14.2. The first-order chi connectivity index (χ1) is 8.90. The van der Waals surface area contributed by atoms with Crippen LogP contribution in [0.15, 0.2) is 18.2 Å². The van der Waals surface area contributed by atoms with Gasteiger partial charge < -0.3 is 9.88 Å². The van der Waals surface area contributed by atoms with Crippen molar-refractivity contribution in [2.24, 2.45) is 7.05 Å². The molecule has 0 spiro atoms. The molecule has 1 aromatic carbocycles. The Morgan fingerprint density at radius 1 is 1.16 bits per heavy atom. The molecule has 0 amide bonds. The second-order valence-corrected chi connectivity index (χ2v) is 5.37. The van der Waals surface area contributed by atoms with Crippen molar-refractivity contribution in [3.63, 3.8) is 0 Å². The Labute approximate surface area is 122 Å². The van der Waals surface area contributed by atoms with Crippen LogP contribution in [0.4, 0.5) is 10.1 Å². The van der Waals surface area contributed by atoms with Crippen LogP contribution in [0.1, 0.15) is 17.0 Å². The van der Waals surface area contributed by atoms with Gasteiger partial charge in [0.1, 0.15) is 5.82 Å². The number of nitrogens with zero attached hydrogens (tertiary/aromatic N) is 1. The van der Waals surface area contributed by atoms with E-state index in [2.05, 4.69) is 22.9 Å². The maximum Gasteiger partial charge on any atom is 0.126 e. The van der Waals surface area contributed by atoms with Crippen LogP contribution in [-0.2, 0) is 13.6 Å². The molecule has 0 aliphatic rings. The van der Waals surface area contributed by atoms with Crippen LogP contribution in [0.3, 0.4) is 0 Å². The first-order valence-electron chi connectivity index (χ1n) is 5.90. The largest absolute Gasteiger partial charge is 0.378 e. The Kier molecular flexibility index (Phi) is 4.07. The van der Waals surface area contributed by atoms with E-state index in [-0.39, 0.29) is 10.0 Å². The van der Waals surface area contributed by atoms with Crippen molar-refractivity contribution in [3.05, 3.63) is 51.0 Å². The maximum atomic E-state index is 13.1. The van der Waals surface area contributed by atoms with E-state index in [1.54, 1.807) is 0 Å². The summed E-state index contributed by atoms with van der Waals surface area (Å²) in [7, 11) is 2.02. The average Bonchev–Trinajstić information content (AvgIpc) is 2.55. The van der Waals surface area contributed by atoms with Crippen molar-refractivity contribution in [1.82, 2.24) is 4.57 Å². The molecule has 5 heteroatoms. The molecular weight excluding hydrogens is 286 g/mol. The zero-order chi connectivity index (χ0) is 14.2. The molecule has 0 unspecified atom stereocenters. The molecule has 0 aliphatic carbocycles. The quantitative estimate of drug-likeness (QED) is 0.869. The maximum absolute atomic E-state index is 13.1. The van der Waals surface area contributed by atoms with E-state index in [9.17, 15) is 4.39 Å². The van der Waals surface area contributed by atoms with Gasteiger partial charge in [-0.05, 0) is 37.6 Å². The summed E-state index contributed by atoms with van der Waals surface area (Å²) in [6, 6.07) is 4.60. The minimum atomic E-state index is -0.438. The Bertz CT molecular complexity index is 597. The van der Waals surface area contributed by atoms with Gasteiger partial charge in [0, 0.05) is 25.0 Å². The Morgan fingerprint density at radius 3 is 2.21 bits per heavy atom. The number of hydrogen-bond donors (Lipinski definition) is 1.